The van der Waals surface area contributed by atoms with Crippen LogP contribution in [0, 0.1) is 0 Å². The Balaban J connectivity index is 1.28. The highest BCUT2D eigenvalue weighted by Gasteiger charge is 2.36. The molecule has 38 heavy (non-hydrogen) atoms. The predicted octanol–water partition coefficient (Wildman–Crippen LogP) is 8.48. The third kappa shape index (κ3) is 5.81. The largest absolute Gasteiger partial charge is 0.488 e. The molecule has 0 saturated carbocycles. The van der Waals surface area contributed by atoms with Crippen LogP contribution in [0.5, 0.6) is 5.75 Å². The molecule has 0 saturated heterocycles. The van der Waals surface area contributed by atoms with Crippen LogP contribution >= 0.6 is 11.3 Å². The van der Waals surface area contributed by atoms with Crippen LogP contribution in [-0.4, -0.2) is 11.1 Å². The molecule has 5 rings (SSSR count). The quantitative estimate of drug-likeness (QED) is 0.210. The van der Waals surface area contributed by atoms with Crippen molar-refractivity contribution in [2.75, 3.05) is 5.32 Å². The smallest absolute Gasteiger partial charge is 0.426 e. The molecule has 0 aliphatic heterocycles. The van der Waals surface area contributed by atoms with E-state index in [1.165, 1.54) is 0 Å². The number of carboxylic acid groups (broad SMARTS) is 1. The first-order valence-electron chi connectivity index (χ1n) is 11.7. The molecule has 4 nitrogen and oxygen atoms in total. The van der Waals surface area contributed by atoms with Gasteiger partial charge in [-0.1, -0.05) is 54.6 Å². The van der Waals surface area contributed by atoms with Gasteiger partial charge >= 0.3 is 12.1 Å². The molecule has 1 aromatic heterocycles. The Morgan fingerprint density at radius 2 is 1.63 bits per heavy atom. The Labute approximate surface area is 221 Å². The molecule has 192 valence electrons. The van der Waals surface area contributed by atoms with Gasteiger partial charge in [0.2, 0.25) is 0 Å². The number of carboxylic acids is 1. The van der Waals surface area contributed by atoms with E-state index in [9.17, 15) is 18.0 Å². The first kappa shape index (κ1) is 25.4. The molecule has 0 aliphatic rings. The Kier molecular flexibility index (Phi) is 7.07. The van der Waals surface area contributed by atoms with E-state index in [0.717, 1.165) is 16.3 Å². The van der Waals surface area contributed by atoms with E-state index in [4.69, 9.17) is 9.84 Å². The van der Waals surface area contributed by atoms with E-state index in [1.807, 2.05) is 36.4 Å². The molecule has 0 fully saturated rings. The van der Waals surface area contributed by atoms with Crippen LogP contribution in [0.15, 0.2) is 97.1 Å². The lowest BCUT2D eigenvalue weighted by Crippen LogP contribution is -2.03. The van der Waals surface area contributed by atoms with Crippen LogP contribution in [0.2, 0.25) is 0 Å². The normalized spacial score (nSPS) is 11.4. The second-order valence-corrected chi connectivity index (χ2v) is 9.83. The lowest BCUT2D eigenvalue weighted by Gasteiger charge is -2.10. The molecule has 5 aromatic rings. The molecule has 0 radical (unpaired) electrons. The number of rotatable bonds is 8. The summed E-state index contributed by atoms with van der Waals surface area (Å²) in [5.41, 5.74) is 2.63. The molecule has 0 spiro atoms. The minimum absolute atomic E-state index is 0.0312. The number of anilines is 1. The summed E-state index contributed by atoms with van der Waals surface area (Å²) in [7, 11) is 0. The first-order valence-corrected chi connectivity index (χ1v) is 12.6. The number of aromatic carboxylic acids is 1. The van der Waals surface area contributed by atoms with Crippen molar-refractivity contribution in [3.05, 3.63) is 118 Å². The molecule has 0 atom stereocenters. The summed E-state index contributed by atoms with van der Waals surface area (Å²) < 4.78 is 46.8. The van der Waals surface area contributed by atoms with Gasteiger partial charge in [-0.3, -0.25) is 0 Å². The fourth-order valence-electron chi connectivity index (χ4n) is 4.15. The minimum atomic E-state index is -4.44. The van der Waals surface area contributed by atoms with Crippen LogP contribution in [0.25, 0.3) is 21.9 Å². The van der Waals surface area contributed by atoms with Crippen LogP contribution < -0.4 is 10.1 Å². The molecule has 0 aliphatic carbocycles. The van der Waals surface area contributed by atoms with Gasteiger partial charge in [0, 0.05) is 22.7 Å². The van der Waals surface area contributed by atoms with Gasteiger partial charge in [-0.2, -0.15) is 13.2 Å². The number of alkyl halides is 3. The summed E-state index contributed by atoms with van der Waals surface area (Å²) >= 11 is 0.703. The van der Waals surface area contributed by atoms with Gasteiger partial charge in [0.1, 0.15) is 17.2 Å². The number of hydrogen-bond donors (Lipinski definition) is 2. The molecule has 4 aromatic carbocycles. The van der Waals surface area contributed by atoms with E-state index >= 15 is 0 Å². The van der Waals surface area contributed by atoms with Crippen molar-refractivity contribution in [3.63, 3.8) is 0 Å². The lowest BCUT2D eigenvalue weighted by molar-refractivity contribution is -0.133. The number of carbonyl (C=O) groups is 1. The minimum Gasteiger partial charge on any atom is -0.488 e. The molecule has 0 amide bonds. The lowest BCUT2D eigenvalue weighted by atomic mass is 10.1. The summed E-state index contributed by atoms with van der Waals surface area (Å²) in [4.78, 5) is 11.0. The Hall–Kier alpha value is -4.30. The van der Waals surface area contributed by atoms with Gasteiger partial charge in [-0.25, -0.2) is 4.79 Å². The van der Waals surface area contributed by atoms with Crippen LogP contribution in [-0.2, 0) is 19.3 Å². The Morgan fingerprint density at radius 1 is 0.868 bits per heavy atom. The van der Waals surface area contributed by atoms with Crippen LogP contribution in [0.3, 0.4) is 0 Å². The van der Waals surface area contributed by atoms with E-state index < -0.39 is 17.0 Å². The zero-order chi connectivity index (χ0) is 26.7. The highest BCUT2D eigenvalue weighted by atomic mass is 32.1. The molecular formula is C30H22F3NO3S. The van der Waals surface area contributed by atoms with Crippen molar-refractivity contribution in [3.8, 4) is 16.9 Å². The van der Waals surface area contributed by atoms with Crippen molar-refractivity contribution in [1.82, 2.24) is 0 Å². The van der Waals surface area contributed by atoms with E-state index in [-0.39, 0.29) is 17.7 Å². The number of nitrogens with one attached hydrogen (secondary N) is 1. The van der Waals surface area contributed by atoms with Gasteiger partial charge in [0.15, 0.2) is 0 Å². The number of fused-ring (bicyclic) bond motifs is 1. The highest BCUT2D eigenvalue weighted by Crippen LogP contribution is 2.43. The van der Waals surface area contributed by atoms with Crippen molar-refractivity contribution in [1.29, 1.82) is 0 Å². The average molecular weight is 534 g/mol. The van der Waals surface area contributed by atoms with Gasteiger partial charge < -0.3 is 15.2 Å². The summed E-state index contributed by atoms with van der Waals surface area (Å²) in [6, 6.07) is 28.2. The second-order valence-electron chi connectivity index (χ2n) is 8.69. The first-order chi connectivity index (χ1) is 18.3. The number of hydrogen-bond acceptors (Lipinski definition) is 4. The van der Waals surface area contributed by atoms with Gasteiger partial charge in [-0.15, -0.1) is 11.3 Å². The third-order valence-corrected chi connectivity index (χ3v) is 7.14. The average Bonchev–Trinajstić information content (AvgIpc) is 3.36. The maximum absolute atomic E-state index is 13.7. The van der Waals surface area contributed by atoms with Gasteiger partial charge in [0.05, 0.1) is 5.56 Å². The highest BCUT2D eigenvalue weighted by molar-refractivity contribution is 7.12. The van der Waals surface area contributed by atoms with Crippen LogP contribution in [0.1, 0.15) is 25.7 Å². The zero-order valence-electron chi connectivity index (χ0n) is 20.0. The Bertz CT molecular complexity index is 1600. The SMILES string of the molecule is O=C(O)c1cccc(NCc2ccc3cc(OCc4cc(-c5ccccc5)c(C(F)(F)F)s4)ccc3c2)c1. The third-order valence-electron chi connectivity index (χ3n) is 5.99. The number of ether oxygens (including phenoxy) is 1. The monoisotopic (exact) mass is 533 g/mol. The summed E-state index contributed by atoms with van der Waals surface area (Å²) in [5, 5.41) is 14.3. The molecule has 1 heterocycles. The maximum Gasteiger partial charge on any atom is 0.426 e. The number of benzene rings is 4. The van der Waals surface area contributed by atoms with E-state index in [0.29, 0.717) is 39.8 Å². The van der Waals surface area contributed by atoms with Crippen molar-refractivity contribution in [2.24, 2.45) is 0 Å². The van der Waals surface area contributed by atoms with Gasteiger partial charge in [-0.05, 0) is 64.4 Å². The van der Waals surface area contributed by atoms with Crippen molar-refractivity contribution < 1.29 is 27.8 Å². The summed E-state index contributed by atoms with van der Waals surface area (Å²) in [6.45, 7) is 0.546. The fraction of sp³-hybridized carbons (Fsp3) is 0.100. The Morgan fingerprint density at radius 3 is 2.39 bits per heavy atom. The second kappa shape index (κ2) is 10.6. The van der Waals surface area contributed by atoms with Crippen LogP contribution in [0.4, 0.5) is 18.9 Å². The predicted molar refractivity (Wildman–Crippen MR) is 144 cm³/mol. The molecule has 2 N–H and O–H groups in total. The van der Waals surface area contributed by atoms with E-state index in [1.54, 1.807) is 60.7 Å². The molecule has 0 unspecified atom stereocenters. The van der Waals surface area contributed by atoms with Crippen molar-refractivity contribution in [2.45, 2.75) is 19.3 Å². The number of thiophene rings is 1. The number of halogens is 3. The maximum atomic E-state index is 13.7. The molecule has 0 bridgehead atoms. The molecular weight excluding hydrogens is 511 g/mol. The zero-order valence-corrected chi connectivity index (χ0v) is 20.8. The standard InChI is InChI=1S/C30H22F3NO3S/c31-30(32,33)28-27(20-5-2-1-3-6-20)16-26(38-28)18-37-25-12-11-21-13-19(9-10-22(21)15-25)17-34-24-8-4-7-23(14-24)29(35)36/h1-16,34H,17-18H2,(H,35,36). The van der Waals surface area contributed by atoms with E-state index in [2.05, 4.69) is 5.32 Å². The molecule has 8 heteroatoms. The summed E-state index contributed by atoms with van der Waals surface area (Å²) in [6.07, 6.45) is -4.44. The van der Waals surface area contributed by atoms with Gasteiger partial charge in [0.25, 0.3) is 0 Å². The fourth-order valence-corrected chi connectivity index (χ4v) is 5.11. The summed E-state index contributed by atoms with van der Waals surface area (Å²) in [5.74, 6) is -0.411. The topological polar surface area (TPSA) is 58.6 Å². The van der Waals surface area contributed by atoms with Crippen molar-refractivity contribution >= 4 is 33.8 Å².